The molecule has 110 valence electrons. The predicted molar refractivity (Wildman–Crippen MR) is 83.8 cm³/mol. The van der Waals surface area contributed by atoms with Gasteiger partial charge in [0, 0.05) is 24.8 Å². The van der Waals surface area contributed by atoms with Crippen LogP contribution in [0.2, 0.25) is 0 Å². The Morgan fingerprint density at radius 3 is 2.62 bits per heavy atom. The van der Waals surface area contributed by atoms with Gasteiger partial charge in [0.05, 0.1) is 7.11 Å². The molecule has 0 fully saturated rings. The first-order valence-corrected chi connectivity index (χ1v) is 7.45. The van der Waals surface area contributed by atoms with Gasteiger partial charge in [-0.25, -0.2) is 9.97 Å². The number of nitrogens with zero attached hydrogens (tertiary/aromatic N) is 3. The third kappa shape index (κ3) is 2.99. The zero-order valence-electron chi connectivity index (χ0n) is 12.7. The van der Waals surface area contributed by atoms with E-state index in [0.29, 0.717) is 0 Å². The summed E-state index contributed by atoms with van der Waals surface area (Å²) in [5.74, 6) is 1.97. The molecule has 21 heavy (non-hydrogen) atoms. The first-order chi connectivity index (χ1) is 10.3. The van der Waals surface area contributed by atoms with E-state index in [0.717, 1.165) is 31.0 Å². The van der Waals surface area contributed by atoms with Crippen LogP contribution in [-0.4, -0.2) is 24.1 Å². The van der Waals surface area contributed by atoms with Gasteiger partial charge in [-0.1, -0.05) is 12.1 Å². The van der Waals surface area contributed by atoms with E-state index in [2.05, 4.69) is 34.0 Å². The standard InChI is InChI=1S/C17H21N3O/c1-20(11-13-7-9-14(21-2)10-8-13)17-15-5-3-4-6-16(15)18-12-19-17/h7-10,12H,3-6,11H2,1-2H3. The monoisotopic (exact) mass is 283 g/mol. The average Bonchev–Trinajstić information content (AvgIpc) is 2.55. The number of rotatable bonds is 4. The van der Waals surface area contributed by atoms with E-state index in [-0.39, 0.29) is 0 Å². The minimum absolute atomic E-state index is 0.841. The fraction of sp³-hybridized carbons (Fsp3) is 0.412. The molecular formula is C17H21N3O. The first-order valence-electron chi connectivity index (χ1n) is 7.45. The molecule has 0 atom stereocenters. The van der Waals surface area contributed by atoms with Crippen molar-refractivity contribution in [1.29, 1.82) is 0 Å². The topological polar surface area (TPSA) is 38.2 Å². The van der Waals surface area contributed by atoms with E-state index >= 15 is 0 Å². The number of ether oxygens (including phenoxy) is 1. The third-order valence-corrected chi connectivity index (χ3v) is 4.04. The highest BCUT2D eigenvalue weighted by atomic mass is 16.5. The summed E-state index contributed by atoms with van der Waals surface area (Å²) in [6.07, 6.45) is 6.36. The molecule has 0 N–H and O–H groups in total. The van der Waals surface area contributed by atoms with Crippen LogP contribution in [0.1, 0.15) is 29.7 Å². The molecule has 2 aromatic rings. The van der Waals surface area contributed by atoms with Crippen molar-refractivity contribution in [2.24, 2.45) is 0 Å². The number of fused-ring (bicyclic) bond motifs is 1. The van der Waals surface area contributed by atoms with Crippen LogP contribution in [0.15, 0.2) is 30.6 Å². The van der Waals surface area contributed by atoms with Crippen molar-refractivity contribution in [3.8, 4) is 5.75 Å². The lowest BCUT2D eigenvalue weighted by Crippen LogP contribution is -2.21. The zero-order chi connectivity index (χ0) is 14.7. The van der Waals surface area contributed by atoms with Crippen LogP contribution in [0, 0.1) is 0 Å². The summed E-state index contributed by atoms with van der Waals surface area (Å²) in [6, 6.07) is 8.20. The predicted octanol–water partition coefficient (Wildman–Crippen LogP) is 3.00. The molecule has 0 spiro atoms. The van der Waals surface area contributed by atoms with Gasteiger partial charge in [-0.3, -0.25) is 0 Å². The minimum Gasteiger partial charge on any atom is -0.497 e. The quantitative estimate of drug-likeness (QED) is 0.864. The second-order valence-electron chi connectivity index (χ2n) is 5.53. The molecule has 1 aromatic carbocycles. The molecule has 0 saturated heterocycles. The Kier molecular flexibility index (Phi) is 4.04. The zero-order valence-corrected chi connectivity index (χ0v) is 12.7. The Labute approximate surface area is 125 Å². The number of methoxy groups -OCH3 is 1. The normalized spacial score (nSPS) is 13.6. The van der Waals surface area contributed by atoms with E-state index in [1.165, 1.54) is 29.7 Å². The van der Waals surface area contributed by atoms with Gasteiger partial charge >= 0.3 is 0 Å². The summed E-state index contributed by atoms with van der Waals surface area (Å²) in [4.78, 5) is 11.2. The fourth-order valence-corrected chi connectivity index (χ4v) is 2.91. The Bertz CT molecular complexity index is 610. The van der Waals surface area contributed by atoms with Gasteiger partial charge in [-0.05, 0) is 43.4 Å². The van der Waals surface area contributed by atoms with Crippen molar-refractivity contribution >= 4 is 5.82 Å². The van der Waals surface area contributed by atoms with Crippen LogP contribution < -0.4 is 9.64 Å². The van der Waals surface area contributed by atoms with Gasteiger partial charge in [0.15, 0.2) is 0 Å². The fourth-order valence-electron chi connectivity index (χ4n) is 2.91. The van der Waals surface area contributed by atoms with Gasteiger partial charge in [-0.15, -0.1) is 0 Å². The molecule has 0 radical (unpaired) electrons. The number of anilines is 1. The van der Waals surface area contributed by atoms with Crippen molar-refractivity contribution in [3.63, 3.8) is 0 Å². The maximum Gasteiger partial charge on any atom is 0.135 e. The second kappa shape index (κ2) is 6.12. The molecule has 1 aliphatic rings. The molecule has 0 aliphatic heterocycles. The summed E-state index contributed by atoms with van der Waals surface area (Å²) in [5.41, 5.74) is 3.81. The Morgan fingerprint density at radius 2 is 1.86 bits per heavy atom. The first kappa shape index (κ1) is 13.9. The van der Waals surface area contributed by atoms with Gasteiger partial charge in [0.2, 0.25) is 0 Å². The summed E-state index contributed by atoms with van der Waals surface area (Å²) >= 11 is 0. The molecule has 1 heterocycles. The lowest BCUT2D eigenvalue weighted by molar-refractivity contribution is 0.414. The molecular weight excluding hydrogens is 262 g/mol. The second-order valence-corrected chi connectivity index (χ2v) is 5.53. The number of benzene rings is 1. The molecule has 4 heteroatoms. The van der Waals surface area contributed by atoms with Crippen LogP contribution in [0.3, 0.4) is 0 Å². The number of aromatic nitrogens is 2. The van der Waals surface area contributed by atoms with E-state index in [1.54, 1.807) is 13.4 Å². The van der Waals surface area contributed by atoms with Crippen LogP contribution in [-0.2, 0) is 19.4 Å². The molecule has 0 amide bonds. The smallest absolute Gasteiger partial charge is 0.135 e. The highest BCUT2D eigenvalue weighted by molar-refractivity contribution is 5.49. The number of aryl methyl sites for hydroxylation is 1. The number of hydrogen-bond acceptors (Lipinski definition) is 4. The highest BCUT2D eigenvalue weighted by Crippen LogP contribution is 2.27. The summed E-state index contributed by atoms with van der Waals surface area (Å²) in [5, 5.41) is 0. The van der Waals surface area contributed by atoms with Gasteiger partial charge in [0.25, 0.3) is 0 Å². The van der Waals surface area contributed by atoms with Crippen LogP contribution >= 0.6 is 0 Å². The molecule has 3 rings (SSSR count). The van der Waals surface area contributed by atoms with Gasteiger partial charge in [0.1, 0.15) is 17.9 Å². The summed E-state index contributed by atoms with van der Waals surface area (Å²) in [7, 11) is 3.79. The van der Waals surface area contributed by atoms with Crippen LogP contribution in [0.25, 0.3) is 0 Å². The Morgan fingerprint density at radius 1 is 1.10 bits per heavy atom. The molecule has 1 aromatic heterocycles. The van der Waals surface area contributed by atoms with E-state index in [1.807, 2.05) is 12.1 Å². The largest absolute Gasteiger partial charge is 0.497 e. The highest BCUT2D eigenvalue weighted by Gasteiger charge is 2.17. The van der Waals surface area contributed by atoms with Crippen LogP contribution in [0.5, 0.6) is 5.75 Å². The summed E-state index contributed by atoms with van der Waals surface area (Å²) in [6.45, 7) is 0.841. The maximum atomic E-state index is 5.20. The van der Waals surface area contributed by atoms with Crippen molar-refractivity contribution in [3.05, 3.63) is 47.4 Å². The van der Waals surface area contributed by atoms with Crippen LogP contribution in [0.4, 0.5) is 5.82 Å². The van der Waals surface area contributed by atoms with E-state index in [4.69, 9.17) is 4.74 Å². The summed E-state index contributed by atoms with van der Waals surface area (Å²) < 4.78 is 5.20. The Hall–Kier alpha value is -2.10. The Balaban J connectivity index is 1.80. The SMILES string of the molecule is COc1ccc(CN(C)c2ncnc3c2CCCC3)cc1. The molecule has 0 saturated carbocycles. The molecule has 1 aliphatic carbocycles. The van der Waals surface area contributed by atoms with Gasteiger partial charge < -0.3 is 9.64 Å². The maximum absolute atomic E-state index is 5.20. The van der Waals surface area contributed by atoms with Gasteiger partial charge in [-0.2, -0.15) is 0 Å². The minimum atomic E-state index is 0.841. The lowest BCUT2D eigenvalue weighted by Gasteiger charge is -2.24. The van der Waals surface area contributed by atoms with Crippen molar-refractivity contribution in [2.75, 3.05) is 19.1 Å². The third-order valence-electron chi connectivity index (χ3n) is 4.04. The average molecular weight is 283 g/mol. The number of hydrogen-bond donors (Lipinski definition) is 0. The molecule has 0 bridgehead atoms. The van der Waals surface area contributed by atoms with Crippen molar-refractivity contribution < 1.29 is 4.74 Å². The molecule has 0 unspecified atom stereocenters. The van der Waals surface area contributed by atoms with Crippen molar-refractivity contribution in [1.82, 2.24) is 9.97 Å². The van der Waals surface area contributed by atoms with Crippen molar-refractivity contribution in [2.45, 2.75) is 32.2 Å². The van der Waals surface area contributed by atoms with E-state index < -0.39 is 0 Å². The molecule has 4 nitrogen and oxygen atoms in total. The lowest BCUT2D eigenvalue weighted by atomic mass is 9.96. The van der Waals surface area contributed by atoms with E-state index in [9.17, 15) is 0 Å².